The second-order valence-corrected chi connectivity index (χ2v) is 6.84. The molecular weight excluding hydrogens is 332 g/mol. The number of benzene rings is 1. The summed E-state index contributed by atoms with van der Waals surface area (Å²) in [7, 11) is 1.83. The molecule has 4 nitrogen and oxygen atoms in total. The topological polar surface area (TPSA) is 48.7 Å². The van der Waals surface area contributed by atoms with Gasteiger partial charge in [-0.1, -0.05) is 18.3 Å². The zero-order valence-electron chi connectivity index (χ0n) is 13.0. The Labute approximate surface area is 141 Å². The van der Waals surface area contributed by atoms with Crippen molar-refractivity contribution >= 4 is 33.2 Å². The van der Waals surface area contributed by atoms with Gasteiger partial charge >= 0.3 is 0 Å². The van der Waals surface area contributed by atoms with Gasteiger partial charge in [0.2, 0.25) is 0 Å². The number of fused-ring (bicyclic) bond motifs is 3. The maximum atomic E-state index is 14.7. The average Bonchev–Trinajstić information content (AvgIpc) is 3.07. The normalized spacial score (nSPS) is 16.7. The van der Waals surface area contributed by atoms with E-state index in [4.69, 9.17) is 0 Å². The Morgan fingerprint density at radius 3 is 2.75 bits per heavy atom. The molecule has 2 aliphatic heterocycles. The third-order valence-corrected chi connectivity index (χ3v) is 5.25. The van der Waals surface area contributed by atoms with Crippen LogP contribution in [0.4, 0.5) is 8.78 Å². The van der Waals surface area contributed by atoms with E-state index in [0.717, 1.165) is 11.1 Å². The summed E-state index contributed by atoms with van der Waals surface area (Å²) in [6.07, 6.45) is 1.79. The van der Waals surface area contributed by atoms with E-state index in [2.05, 4.69) is 16.6 Å². The molecule has 7 heteroatoms. The van der Waals surface area contributed by atoms with Crippen molar-refractivity contribution in [3.63, 3.8) is 0 Å². The van der Waals surface area contributed by atoms with Crippen LogP contribution in [0.2, 0.25) is 0 Å². The fourth-order valence-corrected chi connectivity index (χ4v) is 3.91. The van der Waals surface area contributed by atoms with Crippen LogP contribution >= 0.6 is 11.8 Å². The Bertz CT molecular complexity index is 997. The first kappa shape index (κ1) is 15.1. The molecule has 0 saturated carbocycles. The van der Waals surface area contributed by atoms with Crippen LogP contribution in [0.5, 0.6) is 5.75 Å². The van der Waals surface area contributed by atoms with Crippen LogP contribution in [-0.4, -0.2) is 27.7 Å². The van der Waals surface area contributed by atoms with Crippen molar-refractivity contribution in [1.82, 2.24) is 9.88 Å². The zero-order chi connectivity index (χ0) is 17.2. The molecule has 0 bridgehead atoms. The number of phenolic OH excluding ortho intramolecular Hbond substituents is 1. The van der Waals surface area contributed by atoms with E-state index < -0.39 is 17.4 Å². The summed E-state index contributed by atoms with van der Waals surface area (Å²) in [5.41, 5.74) is 1.99. The van der Waals surface area contributed by atoms with Crippen molar-refractivity contribution in [2.45, 2.75) is 13.5 Å². The van der Waals surface area contributed by atoms with E-state index in [1.165, 1.54) is 11.8 Å². The first-order chi connectivity index (χ1) is 11.4. The molecule has 0 spiro atoms. The predicted molar refractivity (Wildman–Crippen MR) is 91.7 cm³/mol. The van der Waals surface area contributed by atoms with Crippen molar-refractivity contribution in [3.8, 4) is 5.75 Å². The Balaban J connectivity index is 2.13. The van der Waals surface area contributed by atoms with E-state index in [1.807, 2.05) is 7.05 Å². The first-order valence-electron chi connectivity index (χ1n) is 7.25. The Hall–Kier alpha value is -2.41. The standard InChI is InChI=1S/C17H13F2N3OS/c1-7-13-10(5-20-7)21-17(12-6-22(3)8(2)24-12)14-9(18)4-11(23)16(19)15(13)14/h4,6,23H,2,5H2,1,3H3. The number of hydrogen-bond acceptors (Lipinski definition) is 5. The molecule has 2 aliphatic rings. The van der Waals surface area contributed by atoms with E-state index in [0.29, 0.717) is 34.1 Å². The summed E-state index contributed by atoms with van der Waals surface area (Å²) >= 11 is 1.35. The lowest BCUT2D eigenvalue weighted by Gasteiger charge is -2.13. The molecule has 0 aliphatic carbocycles. The van der Waals surface area contributed by atoms with Crippen LogP contribution in [-0.2, 0) is 6.54 Å². The van der Waals surface area contributed by atoms with Crippen LogP contribution < -0.4 is 0 Å². The summed E-state index contributed by atoms with van der Waals surface area (Å²) in [4.78, 5) is 11.3. The van der Waals surface area contributed by atoms with Crippen molar-refractivity contribution < 1.29 is 13.9 Å². The molecule has 1 aromatic heterocycles. The lowest BCUT2D eigenvalue weighted by atomic mass is 9.98. The monoisotopic (exact) mass is 345 g/mol. The van der Waals surface area contributed by atoms with E-state index in [9.17, 15) is 13.9 Å². The minimum Gasteiger partial charge on any atom is -0.505 e. The maximum absolute atomic E-state index is 14.7. The molecule has 1 N–H and O–H groups in total. The second kappa shape index (κ2) is 5.04. The van der Waals surface area contributed by atoms with Gasteiger partial charge in [0, 0.05) is 41.4 Å². The highest BCUT2D eigenvalue weighted by molar-refractivity contribution is 8.12. The summed E-state index contributed by atoms with van der Waals surface area (Å²) < 4.78 is 29.3. The Kier molecular flexibility index (Phi) is 3.18. The number of pyridine rings is 1. The number of rotatable bonds is 1. The fraction of sp³-hybridized carbons (Fsp3) is 0.176. The number of halogens is 2. The molecule has 0 radical (unpaired) electrons. The summed E-state index contributed by atoms with van der Waals surface area (Å²) in [6.45, 7) is 5.95. The number of nitrogens with zero attached hydrogens (tertiary/aromatic N) is 3. The highest BCUT2D eigenvalue weighted by Gasteiger charge is 2.29. The molecule has 0 atom stereocenters. The van der Waals surface area contributed by atoms with Crippen LogP contribution in [0.25, 0.3) is 15.7 Å². The quantitative estimate of drug-likeness (QED) is 0.849. The van der Waals surface area contributed by atoms with E-state index in [-0.39, 0.29) is 10.8 Å². The van der Waals surface area contributed by atoms with Gasteiger partial charge in [0.25, 0.3) is 0 Å². The molecule has 0 saturated heterocycles. The molecule has 122 valence electrons. The molecule has 0 amide bonds. The molecule has 0 fully saturated rings. The number of hydrogen-bond donors (Lipinski definition) is 1. The average molecular weight is 345 g/mol. The molecular formula is C17H13F2N3OS. The van der Waals surface area contributed by atoms with Gasteiger partial charge in [0.15, 0.2) is 11.6 Å². The van der Waals surface area contributed by atoms with Crippen molar-refractivity contribution in [3.05, 3.63) is 52.5 Å². The largest absolute Gasteiger partial charge is 0.505 e. The van der Waals surface area contributed by atoms with Crippen LogP contribution in [0, 0.1) is 11.6 Å². The lowest BCUT2D eigenvalue weighted by Crippen LogP contribution is -2.04. The summed E-state index contributed by atoms with van der Waals surface area (Å²) in [5.74, 6) is -2.28. The minimum atomic E-state index is -0.849. The van der Waals surface area contributed by atoms with Crippen molar-refractivity contribution in [2.24, 2.45) is 4.99 Å². The number of aromatic nitrogens is 1. The van der Waals surface area contributed by atoms with Gasteiger partial charge in [-0.2, -0.15) is 0 Å². The summed E-state index contributed by atoms with van der Waals surface area (Å²) in [6, 6.07) is 0.787. The third kappa shape index (κ3) is 1.97. The minimum absolute atomic E-state index is 0.0351. The van der Waals surface area contributed by atoms with Gasteiger partial charge in [-0.3, -0.25) is 4.99 Å². The zero-order valence-corrected chi connectivity index (χ0v) is 13.8. The van der Waals surface area contributed by atoms with Crippen LogP contribution in [0.15, 0.2) is 28.9 Å². The second-order valence-electron chi connectivity index (χ2n) is 5.73. The van der Waals surface area contributed by atoms with Gasteiger partial charge in [0.05, 0.1) is 27.9 Å². The first-order valence-corrected chi connectivity index (χ1v) is 8.07. The number of thioether (sulfide) groups is 1. The smallest absolute Gasteiger partial charge is 0.173 e. The van der Waals surface area contributed by atoms with Gasteiger partial charge in [0.1, 0.15) is 5.82 Å². The van der Waals surface area contributed by atoms with E-state index >= 15 is 0 Å². The molecule has 2 aromatic rings. The molecule has 4 rings (SSSR count). The van der Waals surface area contributed by atoms with Gasteiger partial charge in [-0.15, -0.1) is 0 Å². The Morgan fingerprint density at radius 2 is 2.08 bits per heavy atom. The van der Waals surface area contributed by atoms with Gasteiger partial charge in [-0.05, 0) is 6.92 Å². The SMILES string of the molecule is C=C1SC(c2nc3c(c4c(F)c(O)cc(F)c24)C(C)=NC3)=CN1C. The van der Waals surface area contributed by atoms with Crippen molar-refractivity contribution in [1.29, 1.82) is 0 Å². The molecule has 1 aromatic carbocycles. The number of aliphatic imine (C=N–C) groups is 1. The lowest BCUT2D eigenvalue weighted by molar-refractivity contribution is 0.431. The maximum Gasteiger partial charge on any atom is 0.173 e. The predicted octanol–water partition coefficient (Wildman–Crippen LogP) is 3.99. The van der Waals surface area contributed by atoms with E-state index in [1.54, 1.807) is 18.0 Å². The third-order valence-electron chi connectivity index (χ3n) is 4.21. The molecule has 24 heavy (non-hydrogen) atoms. The fourth-order valence-electron chi connectivity index (χ4n) is 3.01. The van der Waals surface area contributed by atoms with Gasteiger partial charge < -0.3 is 10.0 Å². The highest BCUT2D eigenvalue weighted by Crippen LogP contribution is 2.45. The van der Waals surface area contributed by atoms with Crippen LogP contribution in [0.1, 0.15) is 23.9 Å². The Morgan fingerprint density at radius 1 is 1.33 bits per heavy atom. The van der Waals surface area contributed by atoms with Crippen molar-refractivity contribution in [2.75, 3.05) is 7.05 Å². The molecule has 0 unspecified atom stereocenters. The number of aromatic hydroxyl groups is 1. The molecule has 3 heterocycles. The van der Waals surface area contributed by atoms with Crippen LogP contribution in [0.3, 0.4) is 0 Å². The summed E-state index contributed by atoms with van der Waals surface area (Å²) in [5, 5.41) is 10.6. The van der Waals surface area contributed by atoms with Gasteiger partial charge in [-0.25, -0.2) is 13.8 Å². The highest BCUT2D eigenvalue weighted by atomic mass is 32.2. The number of phenols is 1.